The Kier molecular flexibility index (Phi) is 3.01. The molecule has 3 rings (SSSR count). The number of piperazine rings is 1. The molecule has 0 radical (unpaired) electrons. The van der Waals surface area contributed by atoms with E-state index in [4.69, 9.17) is 5.73 Å². The number of rotatable bonds is 1. The topological polar surface area (TPSA) is 58.3 Å². The maximum atomic E-state index is 5.83. The smallest absolute Gasteiger partial charge is 0.139 e. The van der Waals surface area contributed by atoms with Gasteiger partial charge in [-0.25, -0.2) is 9.97 Å². The molecular weight excluding hydrogens is 250 g/mol. The molecule has 5 heteroatoms. The molecule has 0 unspecified atom stereocenters. The molecule has 2 heterocycles. The molecule has 1 fully saturated rings. The van der Waals surface area contributed by atoms with E-state index in [1.807, 2.05) is 18.2 Å². The van der Waals surface area contributed by atoms with Crippen molar-refractivity contribution in [1.29, 1.82) is 0 Å². The molecule has 1 aliphatic heterocycles. The second-order valence-electron chi connectivity index (χ2n) is 6.13. The lowest BCUT2D eigenvalue weighted by Gasteiger charge is -2.45. The molecule has 1 saturated heterocycles. The minimum Gasteiger partial charge on any atom is -0.399 e. The van der Waals surface area contributed by atoms with Crippen molar-refractivity contribution in [2.75, 3.05) is 37.3 Å². The minimum atomic E-state index is 0.142. The number of hydrogen-bond acceptors (Lipinski definition) is 5. The molecule has 2 N–H and O–H groups in total. The average molecular weight is 271 g/mol. The lowest BCUT2D eigenvalue weighted by atomic mass is 9.99. The minimum absolute atomic E-state index is 0.142. The summed E-state index contributed by atoms with van der Waals surface area (Å²) in [6, 6.07) is 5.84. The molecule has 5 nitrogen and oxygen atoms in total. The van der Waals surface area contributed by atoms with Crippen LogP contribution in [0.4, 0.5) is 11.5 Å². The predicted octanol–water partition coefficient (Wildman–Crippen LogP) is 1.74. The number of nitrogens with zero attached hydrogens (tertiary/aromatic N) is 4. The zero-order valence-corrected chi connectivity index (χ0v) is 12.3. The molecule has 1 aliphatic rings. The van der Waals surface area contributed by atoms with E-state index < -0.39 is 0 Å². The Hall–Kier alpha value is -1.88. The summed E-state index contributed by atoms with van der Waals surface area (Å²) in [7, 11) is 2.18. The van der Waals surface area contributed by atoms with Gasteiger partial charge in [0.05, 0.1) is 5.52 Å². The van der Waals surface area contributed by atoms with Crippen LogP contribution in [0.3, 0.4) is 0 Å². The lowest BCUT2D eigenvalue weighted by Crippen LogP contribution is -2.57. The van der Waals surface area contributed by atoms with Gasteiger partial charge in [-0.05, 0) is 39.1 Å². The van der Waals surface area contributed by atoms with Gasteiger partial charge in [-0.15, -0.1) is 0 Å². The summed E-state index contributed by atoms with van der Waals surface area (Å²) in [6.07, 6.45) is 1.63. The van der Waals surface area contributed by atoms with Gasteiger partial charge in [0, 0.05) is 36.2 Å². The van der Waals surface area contributed by atoms with Gasteiger partial charge in [-0.1, -0.05) is 0 Å². The van der Waals surface area contributed by atoms with E-state index in [0.29, 0.717) is 0 Å². The largest absolute Gasteiger partial charge is 0.399 e. The number of likely N-dealkylation sites (N-methyl/N-ethyl adjacent to an activating group) is 1. The van der Waals surface area contributed by atoms with Crippen molar-refractivity contribution in [3.8, 4) is 0 Å². The first-order chi connectivity index (χ1) is 9.47. The molecule has 1 aromatic carbocycles. The number of aromatic nitrogens is 2. The van der Waals surface area contributed by atoms with Gasteiger partial charge in [0.25, 0.3) is 0 Å². The zero-order chi connectivity index (χ0) is 14.3. The van der Waals surface area contributed by atoms with Gasteiger partial charge in [-0.2, -0.15) is 0 Å². The van der Waals surface area contributed by atoms with Crippen LogP contribution in [0.25, 0.3) is 10.9 Å². The SMILES string of the molecule is CN1CCN(c2ncnc3cc(N)ccc23)CC1(C)C. The second kappa shape index (κ2) is 4.59. The van der Waals surface area contributed by atoms with Gasteiger partial charge in [0.1, 0.15) is 12.1 Å². The average Bonchev–Trinajstić information content (AvgIpc) is 2.41. The Morgan fingerprint density at radius 3 is 2.75 bits per heavy atom. The van der Waals surface area contributed by atoms with Crippen LogP contribution >= 0.6 is 0 Å². The Bertz CT molecular complexity index is 637. The van der Waals surface area contributed by atoms with Crippen molar-refractivity contribution in [1.82, 2.24) is 14.9 Å². The molecule has 0 saturated carbocycles. The fraction of sp³-hybridized carbons (Fsp3) is 0.467. The quantitative estimate of drug-likeness (QED) is 0.801. The normalized spacial score (nSPS) is 19.4. The molecule has 1 aromatic heterocycles. The van der Waals surface area contributed by atoms with E-state index in [1.54, 1.807) is 6.33 Å². The van der Waals surface area contributed by atoms with Crippen LogP contribution in [0, 0.1) is 0 Å². The molecule has 0 atom stereocenters. The summed E-state index contributed by atoms with van der Waals surface area (Å²) < 4.78 is 0. The molecule has 20 heavy (non-hydrogen) atoms. The van der Waals surface area contributed by atoms with Gasteiger partial charge >= 0.3 is 0 Å². The summed E-state index contributed by atoms with van der Waals surface area (Å²) in [6.45, 7) is 7.50. The van der Waals surface area contributed by atoms with E-state index in [1.165, 1.54) is 0 Å². The maximum Gasteiger partial charge on any atom is 0.139 e. The standard InChI is InChI=1S/C15H21N5/c1-15(2)9-20(7-6-19(15)3)14-12-5-4-11(16)8-13(12)17-10-18-14/h4-5,8,10H,6-7,9,16H2,1-3H3. The van der Waals surface area contributed by atoms with Crippen molar-refractivity contribution < 1.29 is 0 Å². The van der Waals surface area contributed by atoms with Crippen LogP contribution in [0.2, 0.25) is 0 Å². The highest BCUT2D eigenvalue weighted by Crippen LogP contribution is 2.28. The molecule has 0 aliphatic carbocycles. The highest BCUT2D eigenvalue weighted by atomic mass is 15.3. The number of hydrogen-bond donors (Lipinski definition) is 1. The van der Waals surface area contributed by atoms with Crippen LogP contribution in [0.15, 0.2) is 24.5 Å². The van der Waals surface area contributed by atoms with E-state index in [0.717, 1.165) is 42.0 Å². The van der Waals surface area contributed by atoms with Crippen LogP contribution < -0.4 is 10.6 Å². The third kappa shape index (κ3) is 2.18. The summed E-state index contributed by atoms with van der Waals surface area (Å²) >= 11 is 0. The summed E-state index contributed by atoms with van der Waals surface area (Å²) in [5.74, 6) is 1.01. The molecule has 106 valence electrons. The van der Waals surface area contributed by atoms with Crippen molar-refractivity contribution >= 4 is 22.4 Å². The van der Waals surface area contributed by atoms with Crippen LogP contribution in [-0.2, 0) is 0 Å². The molecule has 0 amide bonds. The fourth-order valence-corrected chi connectivity index (χ4v) is 2.73. The van der Waals surface area contributed by atoms with Crippen LogP contribution in [-0.4, -0.2) is 47.1 Å². The summed E-state index contributed by atoms with van der Waals surface area (Å²) in [4.78, 5) is 13.6. The second-order valence-corrected chi connectivity index (χ2v) is 6.13. The first-order valence-electron chi connectivity index (χ1n) is 6.94. The van der Waals surface area contributed by atoms with Gasteiger partial charge in [0.2, 0.25) is 0 Å². The predicted molar refractivity (Wildman–Crippen MR) is 82.9 cm³/mol. The van der Waals surface area contributed by atoms with Crippen molar-refractivity contribution in [3.05, 3.63) is 24.5 Å². The third-order valence-corrected chi connectivity index (χ3v) is 4.26. The first kappa shape index (κ1) is 13.1. The molecule has 0 bridgehead atoms. The third-order valence-electron chi connectivity index (χ3n) is 4.26. The van der Waals surface area contributed by atoms with Gasteiger partial charge < -0.3 is 10.6 Å². The molecule has 0 spiro atoms. The fourth-order valence-electron chi connectivity index (χ4n) is 2.73. The Morgan fingerprint density at radius 1 is 1.20 bits per heavy atom. The summed E-state index contributed by atoms with van der Waals surface area (Å²) in [5.41, 5.74) is 7.62. The van der Waals surface area contributed by atoms with Crippen molar-refractivity contribution in [2.45, 2.75) is 19.4 Å². The molecule has 2 aromatic rings. The van der Waals surface area contributed by atoms with E-state index in [9.17, 15) is 0 Å². The Labute approximate surface area is 119 Å². The van der Waals surface area contributed by atoms with Crippen LogP contribution in [0.5, 0.6) is 0 Å². The van der Waals surface area contributed by atoms with Crippen LogP contribution in [0.1, 0.15) is 13.8 Å². The van der Waals surface area contributed by atoms with Gasteiger partial charge in [0.15, 0.2) is 0 Å². The highest BCUT2D eigenvalue weighted by Gasteiger charge is 2.32. The number of anilines is 2. The van der Waals surface area contributed by atoms with E-state index in [-0.39, 0.29) is 5.54 Å². The van der Waals surface area contributed by atoms with Crippen molar-refractivity contribution in [3.63, 3.8) is 0 Å². The first-order valence-corrected chi connectivity index (χ1v) is 6.94. The van der Waals surface area contributed by atoms with E-state index in [2.05, 4.69) is 40.7 Å². The zero-order valence-electron chi connectivity index (χ0n) is 12.3. The van der Waals surface area contributed by atoms with Crippen molar-refractivity contribution in [2.24, 2.45) is 0 Å². The summed E-state index contributed by atoms with van der Waals surface area (Å²) in [5, 5.41) is 1.07. The van der Waals surface area contributed by atoms with E-state index >= 15 is 0 Å². The highest BCUT2D eigenvalue weighted by molar-refractivity contribution is 5.91. The Morgan fingerprint density at radius 2 is 2.00 bits per heavy atom. The number of fused-ring (bicyclic) bond motifs is 1. The number of nitrogens with two attached hydrogens (primary N) is 1. The molecular formula is C15H21N5. The number of benzene rings is 1. The van der Waals surface area contributed by atoms with Gasteiger partial charge in [-0.3, -0.25) is 4.90 Å². The lowest BCUT2D eigenvalue weighted by molar-refractivity contribution is 0.138. The maximum absolute atomic E-state index is 5.83. The number of nitrogen functional groups attached to an aromatic ring is 1. The Balaban J connectivity index is 2.02. The monoisotopic (exact) mass is 271 g/mol.